The smallest absolute Gasteiger partial charge is 0.290 e. The van der Waals surface area contributed by atoms with Crippen LogP contribution in [0.3, 0.4) is 0 Å². The van der Waals surface area contributed by atoms with E-state index >= 15 is 0 Å². The molecule has 4 rings (SSSR count). The fourth-order valence-electron chi connectivity index (χ4n) is 3.98. The maximum absolute atomic E-state index is 13.3. The molecule has 0 bridgehead atoms. The predicted molar refractivity (Wildman–Crippen MR) is 119 cm³/mol. The number of carbonyl (C=O) groups is 2. The molecule has 164 valence electrons. The number of nitrogens with one attached hydrogen (secondary N) is 1. The summed E-state index contributed by atoms with van der Waals surface area (Å²) < 4.78 is 5.51. The molecule has 6 heteroatoms. The zero-order valence-corrected chi connectivity index (χ0v) is 18.7. The summed E-state index contributed by atoms with van der Waals surface area (Å²) in [4.78, 5) is 31.0. The van der Waals surface area contributed by atoms with Gasteiger partial charge in [-0.3, -0.25) is 9.59 Å². The summed E-state index contributed by atoms with van der Waals surface area (Å²) in [5, 5.41) is 10.8. The Kier molecular flexibility index (Phi) is 5.46. The number of aryl methyl sites for hydroxylation is 1. The van der Waals surface area contributed by atoms with Gasteiger partial charge in [0.15, 0.2) is 23.9 Å². The van der Waals surface area contributed by atoms with Crippen LogP contribution in [0.25, 0.3) is 0 Å². The summed E-state index contributed by atoms with van der Waals surface area (Å²) in [6.45, 7) is 8.35. The molecular weight excluding hydrogens is 404 g/mol. The number of furan rings is 1. The molecule has 0 saturated heterocycles. The minimum absolute atomic E-state index is 0.0350. The molecule has 0 aliphatic carbocycles. The number of aliphatic hydroxyl groups is 1. The molecule has 1 aliphatic rings. The van der Waals surface area contributed by atoms with Gasteiger partial charge < -0.3 is 14.4 Å². The van der Waals surface area contributed by atoms with Crippen LogP contribution in [0.4, 0.5) is 0 Å². The van der Waals surface area contributed by atoms with Crippen LogP contribution in [-0.4, -0.2) is 21.7 Å². The van der Waals surface area contributed by atoms with E-state index in [-0.39, 0.29) is 23.3 Å². The molecule has 0 saturated carbocycles. The Balaban J connectivity index is 1.79. The van der Waals surface area contributed by atoms with Gasteiger partial charge in [-0.25, -0.2) is 4.98 Å². The molecule has 3 heterocycles. The minimum atomic E-state index is -0.727. The topological polar surface area (TPSA) is 84.9 Å². The molecule has 32 heavy (non-hydrogen) atoms. The summed E-state index contributed by atoms with van der Waals surface area (Å²) in [6.07, 6.45) is 3.57. The highest BCUT2D eigenvalue weighted by Gasteiger charge is 2.44. The second-order valence-corrected chi connectivity index (χ2v) is 9.12. The highest BCUT2D eigenvalue weighted by atomic mass is 16.3. The number of nitrogens with zero attached hydrogens (tertiary/aromatic N) is 1. The fraction of sp³-hybridized carbons (Fsp3) is 0.269. The Hall–Kier alpha value is -3.67. The number of aromatic amines is 1. The zero-order chi connectivity index (χ0) is 23.0. The first kappa shape index (κ1) is 21.6. The standard InChI is InChI=1S/C26H26N2O4/c1-16-7-12-20(32-16)23(29)21-22(18-8-10-19(11-9-18)26(2,3)4)28(25(31)24(21)30)15-17-6-5-13-27-14-17/h5-14,22,30H,15H2,1-4H3/p+1. The van der Waals surface area contributed by atoms with Gasteiger partial charge >= 0.3 is 0 Å². The van der Waals surface area contributed by atoms with Gasteiger partial charge in [0.2, 0.25) is 5.78 Å². The van der Waals surface area contributed by atoms with E-state index in [2.05, 4.69) is 25.8 Å². The number of hydrogen-bond acceptors (Lipinski definition) is 4. The monoisotopic (exact) mass is 431 g/mol. The first-order chi connectivity index (χ1) is 15.2. The molecule has 1 atom stereocenters. The number of ketones is 1. The van der Waals surface area contributed by atoms with Gasteiger partial charge in [0.25, 0.3) is 5.91 Å². The molecule has 0 radical (unpaired) electrons. The van der Waals surface area contributed by atoms with Crippen LogP contribution in [-0.2, 0) is 16.8 Å². The number of pyridine rings is 1. The van der Waals surface area contributed by atoms with E-state index in [1.165, 1.54) is 4.90 Å². The third kappa shape index (κ3) is 3.96. The second-order valence-electron chi connectivity index (χ2n) is 9.12. The van der Waals surface area contributed by atoms with Gasteiger partial charge in [0, 0.05) is 11.6 Å². The molecule has 6 nitrogen and oxygen atoms in total. The highest BCUT2D eigenvalue weighted by molar-refractivity contribution is 6.15. The Morgan fingerprint density at radius 1 is 1.12 bits per heavy atom. The van der Waals surface area contributed by atoms with Crippen molar-refractivity contribution in [2.75, 3.05) is 0 Å². The molecule has 2 N–H and O–H groups in total. The largest absolute Gasteiger partial charge is 0.503 e. The highest BCUT2D eigenvalue weighted by Crippen LogP contribution is 2.40. The van der Waals surface area contributed by atoms with E-state index in [0.717, 1.165) is 16.7 Å². The molecule has 1 unspecified atom stereocenters. The molecule has 0 spiro atoms. The Labute approximate surface area is 187 Å². The van der Waals surface area contributed by atoms with Crippen molar-refractivity contribution in [3.63, 3.8) is 0 Å². The van der Waals surface area contributed by atoms with Gasteiger partial charge in [-0.15, -0.1) is 0 Å². The lowest BCUT2D eigenvalue weighted by molar-refractivity contribution is -0.378. The first-order valence-corrected chi connectivity index (χ1v) is 10.6. The summed E-state index contributed by atoms with van der Waals surface area (Å²) in [5.41, 5.74) is 2.74. The van der Waals surface area contributed by atoms with E-state index in [1.807, 2.05) is 36.4 Å². The number of aromatic nitrogens is 1. The van der Waals surface area contributed by atoms with Gasteiger partial charge in [-0.05, 0) is 41.7 Å². The Morgan fingerprint density at radius 2 is 1.84 bits per heavy atom. The zero-order valence-electron chi connectivity index (χ0n) is 18.7. The van der Waals surface area contributed by atoms with Crippen molar-refractivity contribution in [2.45, 2.75) is 45.7 Å². The minimum Gasteiger partial charge on any atom is -0.503 e. The fourth-order valence-corrected chi connectivity index (χ4v) is 3.98. The molecule has 0 fully saturated rings. The van der Waals surface area contributed by atoms with E-state index in [4.69, 9.17) is 4.42 Å². The van der Waals surface area contributed by atoms with Crippen molar-refractivity contribution in [3.8, 4) is 0 Å². The van der Waals surface area contributed by atoms with Gasteiger partial charge in [0.05, 0.1) is 18.2 Å². The number of benzene rings is 1. The summed E-state index contributed by atoms with van der Waals surface area (Å²) in [7, 11) is 0. The van der Waals surface area contributed by atoms with Crippen LogP contribution < -0.4 is 4.98 Å². The SMILES string of the molecule is Cc1ccc(C(=O)C2=C(O)C(=O)N(Cc3ccc[nH+]c3)C2c2ccc(C(C)(C)C)cc2)o1. The van der Waals surface area contributed by atoms with E-state index < -0.39 is 23.5 Å². The van der Waals surface area contributed by atoms with Crippen molar-refractivity contribution in [1.82, 2.24) is 4.90 Å². The average molecular weight is 432 g/mol. The lowest BCUT2D eigenvalue weighted by atomic mass is 9.85. The number of amides is 1. The summed E-state index contributed by atoms with van der Waals surface area (Å²) in [6, 6.07) is 14.1. The van der Waals surface area contributed by atoms with Crippen LogP contribution in [0, 0.1) is 6.92 Å². The van der Waals surface area contributed by atoms with Crippen molar-refractivity contribution in [1.29, 1.82) is 0 Å². The number of aliphatic hydroxyl groups excluding tert-OH is 1. The molecule has 1 aliphatic heterocycles. The molecule has 3 aromatic rings. The second kappa shape index (κ2) is 8.11. The maximum atomic E-state index is 13.3. The third-order valence-electron chi connectivity index (χ3n) is 5.73. The van der Waals surface area contributed by atoms with E-state index in [9.17, 15) is 14.7 Å². The van der Waals surface area contributed by atoms with Gasteiger partial charge in [0.1, 0.15) is 5.76 Å². The molecule has 1 aromatic carbocycles. The number of H-pyrrole nitrogens is 1. The van der Waals surface area contributed by atoms with Crippen molar-refractivity contribution < 1.29 is 24.1 Å². The summed E-state index contributed by atoms with van der Waals surface area (Å²) in [5.74, 6) is -0.918. The van der Waals surface area contributed by atoms with Crippen LogP contribution in [0.2, 0.25) is 0 Å². The third-order valence-corrected chi connectivity index (χ3v) is 5.73. The number of Topliss-reactive ketones (excluding diaryl/α,β-unsaturated/α-hetero) is 1. The lowest BCUT2D eigenvalue weighted by Gasteiger charge is -2.27. The van der Waals surface area contributed by atoms with Crippen LogP contribution >= 0.6 is 0 Å². The molecular formula is C26H27N2O4+. The number of rotatable bonds is 5. The van der Waals surface area contributed by atoms with Crippen molar-refractivity contribution in [3.05, 3.63) is 100 Å². The van der Waals surface area contributed by atoms with Crippen molar-refractivity contribution >= 4 is 11.7 Å². The Bertz CT molecular complexity index is 1180. The van der Waals surface area contributed by atoms with Gasteiger partial charge in [-0.2, -0.15) is 0 Å². The Morgan fingerprint density at radius 3 is 2.41 bits per heavy atom. The molecule has 1 amide bonds. The van der Waals surface area contributed by atoms with Crippen LogP contribution in [0.15, 0.2) is 76.7 Å². The lowest BCUT2D eigenvalue weighted by Crippen LogP contribution is -2.31. The van der Waals surface area contributed by atoms with Gasteiger partial charge in [-0.1, -0.05) is 45.0 Å². The van der Waals surface area contributed by atoms with Crippen molar-refractivity contribution in [2.24, 2.45) is 0 Å². The maximum Gasteiger partial charge on any atom is 0.290 e. The molecule has 2 aromatic heterocycles. The van der Waals surface area contributed by atoms with Crippen LogP contribution in [0.1, 0.15) is 59.8 Å². The number of carbonyl (C=O) groups excluding carboxylic acids is 2. The average Bonchev–Trinajstić information content (AvgIpc) is 3.30. The van der Waals surface area contributed by atoms with E-state index in [1.54, 1.807) is 31.5 Å². The number of hydrogen-bond donors (Lipinski definition) is 1. The van der Waals surface area contributed by atoms with Crippen LogP contribution in [0.5, 0.6) is 0 Å². The normalized spacial score (nSPS) is 16.7. The first-order valence-electron chi connectivity index (χ1n) is 10.6. The quantitative estimate of drug-likeness (QED) is 0.604. The predicted octanol–water partition coefficient (Wildman–Crippen LogP) is 4.48. The van der Waals surface area contributed by atoms with E-state index in [0.29, 0.717) is 5.76 Å². The summed E-state index contributed by atoms with van der Waals surface area (Å²) >= 11 is 0.